The van der Waals surface area contributed by atoms with Gasteiger partial charge in [-0.15, -0.1) is 11.3 Å². The Bertz CT molecular complexity index is 1170. The average Bonchev–Trinajstić information content (AvgIpc) is 3.39. The van der Waals surface area contributed by atoms with Crippen molar-refractivity contribution in [2.75, 3.05) is 25.5 Å². The monoisotopic (exact) mass is 550 g/mol. The van der Waals surface area contributed by atoms with Gasteiger partial charge in [0.25, 0.3) is 5.91 Å². The van der Waals surface area contributed by atoms with Crippen molar-refractivity contribution in [1.82, 2.24) is 10.8 Å². The Morgan fingerprint density at radius 3 is 2.59 bits per heavy atom. The summed E-state index contributed by atoms with van der Waals surface area (Å²) in [6, 6.07) is 11.0. The van der Waals surface area contributed by atoms with Gasteiger partial charge < -0.3 is 14.8 Å². The maximum atomic E-state index is 13.4. The third kappa shape index (κ3) is 6.70. The summed E-state index contributed by atoms with van der Waals surface area (Å²) < 4.78 is 36.6. The highest BCUT2D eigenvalue weighted by Crippen LogP contribution is 2.47. The first kappa shape index (κ1) is 27.6. The second-order valence-electron chi connectivity index (χ2n) is 9.32. The van der Waals surface area contributed by atoms with Crippen LogP contribution in [-0.4, -0.2) is 52.0 Å². The van der Waals surface area contributed by atoms with Gasteiger partial charge in [-0.25, -0.2) is 18.7 Å². The normalized spacial score (nSPS) is 23.2. The fraction of sp³-hybridized carbons (Fsp3) is 0.538. The van der Waals surface area contributed by atoms with Gasteiger partial charge in [0.15, 0.2) is 22.7 Å². The number of benzene rings is 1. The summed E-state index contributed by atoms with van der Waals surface area (Å²) in [5, 5.41) is 2.68. The minimum Gasteiger partial charge on any atom is -0.484 e. The Hall–Kier alpha value is -2.47. The maximum absolute atomic E-state index is 13.4. The van der Waals surface area contributed by atoms with E-state index in [1.165, 1.54) is 11.3 Å². The van der Waals surface area contributed by atoms with Crippen LogP contribution in [0.15, 0.2) is 36.4 Å². The summed E-state index contributed by atoms with van der Waals surface area (Å²) in [7, 11) is -3.57. The fourth-order valence-electron chi connectivity index (χ4n) is 4.70. The summed E-state index contributed by atoms with van der Waals surface area (Å²) in [5.41, 5.74) is 3.33. The molecule has 0 radical (unpaired) electrons. The summed E-state index contributed by atoms with van der Waals surface area (Å²) in [5.74, 6) is -0.0355. The molecule has 1 unspecified atom stereocenters. The van der Waals surface area contributed by atoms with E-state index in [1.807, 2.05) is 31.2 Å². The molecule has 0 bridgehead atoms. The van der Waals surface area contributed by atoms with Crippen molar-refractivity contribution in [3.63, 3.8) is 0 Å². The number of rotatable bonds is 10. The average molecular weight is 551 g/mol. The molecular formula is C26H34N2O7S2. The Kier molecular flexibility index (Phi) is 9.22. The predicted molar refractivity (Wildman–Crippen MR) is 141 cm³/mol. The van der Waals surface area contributed by atoms with Crippen LogP contribution in [0.25, 0.3) is 10.4 Å². The van der Waals surface area contributed by atoms with Gasteiger partial charge in [-0.1, -0.05) is 6.42 Å². The van der Waals surface area contributed by atoms with Crippen LogP contribution < -0.4 is 15.5 Å². The molecule has 4 rings (SSSR count). The van der Waals surface area contributed by atoms with Crippen LogP contribution in [0.5, 0.6) is 5.75 Å². The zero-order valence-corrected chi connectivity index (χ0v) is 22.6. The van der Waals surface area contributed by atoms with E-state index in [-0.39, 0.29) is 24.7 Å². The molecule has 1 aromatic carbocycles. The van der Waals surface area contributed by atoms with Crippen molar-refractivity contribution in [2.45, 2.75) is 62.9 Å². The third-order valence-corrected chi connectivity index (χ3v) is 10.7. The molecule has 2 aliphatic rings. The van der Waals surface area contributed by atoms with Gasteiger partial charge in [-0.3, -0.25) is 9.59 Å². The molecule has 202 valence electrons. The lowest BCUT2D eigenvalue weighted by Gasteiger charge is -2.35. The van der Waals surface area contributed by atoms with Crippen molar-refractivity contribution in [2.24, 2.45) is 0 Å². The standard InChI is InChI=1S/C26H34N2O7S2/c1-2-27-24(30)18-34-20-10-8-19(9-11-20)21-12-13-22(36-21)26(14-4-6-16-37(26,31)32)17-23(29)28-35-25-7-3-5-15-33-25/h8-13,25H,2-7,14-18H2,1H3,(H,27,30)(H,28,29)/t25?,26-/m0/s1. The van der Waals surface area contributed by atoms with Gasteiger partial charge >= 0.3 is 0 Å². The van der Waals surface area contributed by atoms with Crippen molar-refractivity contribution >= 4 is 33.0 Å². The van der Waals surface area contributed by atoms with E-state index < -0.39 is 26.8 Å². The van der Waals surface area contributed by atoms with Crippen LogP contribution in [0.4, 0.5) is 0 Å². The van der Waals surface area contributed by atoms with E-state index in [4.69, 9.17) is 14.3 Å². The molecular weight excluding hydrogens is 516 g/mol. The highest BCUT2D eigenvalue weighted by Gasteiger charge is 2.49. The molecule has 0 saturated carbocycles. The van der Waals surface area contributed by atoms with Crippen LogP contribution in [0, 0.1) is 0 Å². The van der Waals surface area contributed by atoms with Gasteiger partial charge in [0.1, 0.15) is 10.5 Å². The molecule has 9 nitrogen and oxygen atoms in total. The van der Waals surface area contributed by atoms with Gasteiger partial charge in [0.05, 0.1) is 12.2 Å². The first-order valence-corrected chi connectivity index (χ1v) is 15.2. The molecule has 2 amide bonds. The van der Waals surface area contributed by atoms with Crippen LogP contribution in [0.2, 0.25) is 0 Å². The molecule has 37 heavy (non-hydrogen) atoms. The topological polar surface area (TPSA) is 120 Å². The van der Waals surface area contributed by atoms with E-state index >= 15 is 0 Å². The predicted octanol–water partition coefficient (Wildman–Crippen LogP) is 3.69. The summed E-state index contributed by atoms with van der Waals surface area (Å²) in [6.07, 6.45) is 3.60. The molecule has 0 aliphatic carbocycles. The Morgan fingerprint density at radius 1 is 1.08 bits per heavy atom. The Labute approximate surface area is 221 Å². The number of thiophene rings is 1. The largest absolute Gasteiger partial charge is 0.484 e. The minimum absolute atomic E-state index is 0.0533. The summed E-state index contributed by atoms with van der Waals surface area (Å²) in [6.45, 7) is 2.91. The van der Waals surface area contributed by atoms with Crippen LogP contribution in [0.3, 0.4) is 0 Å². The SMILES string of the molecule is CCNC(=O)COc1ccc(-c2ccc([C@@]3(CC(=O)NOC4CCCCO4)CCCCS3(=O)=O)s2)cc1. The molecule has 2 aromatic rings. The number of ether oxygens (including phenoxy) is 2. The molecule has 2 N–H and O–H groups in total. The van der Waals surface area contributed by atoms with Crippen molar-refractivity contribution in [1.29, 1.82) is 0 Å². The lowest BCUT2D eigenvalue weighted by Crippen LogP contribution is -2.45. The summed E-state index contributed by atoms with van der Waals surface area (Å²) in [4.78, 5) is 31.5. The zero-order valence-electron chi connectivity index (χ0n) is 21.0. The number of hydrogen-bond acceptors (Lipinski definition) is 8. The molecule has 3 heterocycles. The molecule has 11 heteroatoms. The lowest BCUT2D eigenvalue weighted by atomic mass is 9.94. The van der Waals surface area contributed by atoms with Gasteiger partial charge in [0.2, 0.25) is 5.91 Å². The molecule has 2 fully saturated rings. The molecule has 2 atom stereocenters. The fourth-order valence-corrected chi connectivity index (χ4v) is 8.48. The highest BCUT2D eigenvalue weighted by molar-refractivity contribution is 7.92. The van der Waals surface area contributed by atoms with Crippen molar-refractivity contribution < 1.29 is 32.3 Å². The first-order valence-electron chi connectivity index (χ1n) is 12.7. The maximum Gasteiger partial charge on any atom is 0.257 e. The highest BCUT2D eigenvalue weighted by atomic mass is 32.2. The molecule has 1 aromatic heterocycles. The van der Waals surface area contributed by atoms with E-state index in [9.17, 15) is 18.0 Å². The van der Waals surface area contributed by atoms with E-state index in [0.717, 1.165) is 29.7 Å². The number of hydroxylamine groups is 1. The van der Waals surface area contributed by atoms with E-state index in [1.54, 1.807) is 12.1 Å². The Balaban J connectivity index is 1.49. The van der Waals surface area contributed by atoms with Crippen molar-refractivity contribution in [3.8, 4) is 16.2 Å². The molecule has 2 saturated heterocycles. The second kappa shape index (κ2) is 12.4. The number of carbonyl (C=O) groups excluding carboxylic acids is 2. The number of sulfone groups is 1. The van der Waals surface area contributed by atoms with Crippen LogP contribution >= 0.6 is 11.3 Å². The number of carbonyl (C=O) groups is 2. The van der Waals surface area contributed by atoms with Gasteiger partial charge in [-0.05, 0) is 74.6 Å². The van der Waals surface area contributed by atoms with Gasteiger partial charge in [0, 0.05) is 29.3 Å². The smallest absolute Gasteiger partial charge is 0.257 e. The third-order valence-electron chi connectivity index (χ3n) is 6.66. The van der Waals surface area contributed by atoms with Crippen molar-refractivity contribution in [3.05, 3.63) is 41.3 Å². The number of nitrogens with one attached hydrogen (secondary N) is 2. The molecule has 2 aliphatic heterocycles. The van der Waals surface area contributed by atoms with Crippen LogP contribution in [-0.2, 0) is 33.7 Å². The number of likely N-dealkylation sites (N-methyl/N-ethyl adjacent to an activating group) is 1. The Morgan fingerprint density at radius 2 is 1.89 bits per heavy atom. The second-order valence-corrected chi connectivity index (χ2v) is 12.8. The quantitative estimate of drug-likeness (QED) is 0.433. The minimum atomic E-state index is -3.57. The number of amides is 2. The van der Waals surface area contributed by atoms with E-state index in [0.29, 0.717) is 43.0 Å². The number of hydrogen-bond donors (Lipinski definition) is 2. The van der Waals surface area contributed by atoms with E-state index in [2.05, 4.69) is 10.8 Å². The first-order chi connectivity index (χ1) is 17.8. The zero-order chi connectivity index (χ0) is 26.3. The van der Waals surface area contributed by atoms with Crippen LogP contribution in [0.1, 0.15) is 56.7 Å². The molecule has 0 spiro atoms. The summed E-state index contributed by atoms with van der Waals surface area (Å²) >= 11 is 1.38. The lowest BCUT2D eigenvalue weighted by molar-refractivity contribution is -0.200. The van der Waals surface area contributed by atoms with Gasteiger partial charge in [-0.2, -0.15) is 0 Å².